The lowest BCUT2D eigenvalue weighted by Gasteiger charge is -2.05. The van der Waals surface area contributed by atoms with E-state index in [1.54, 1.807) is 0 Å². The van der Waals surface area contributed by atoms with Crippen molar-refractivity contribution >= 4 is 7.85 Å². The minimum Gasteiger partial charge on any atom is -0.0702 e. The van der Waals surface area contributed by atoms with Crippen molar-refractivity contribution in [1.82, 2.24) is 0 Å². The lowest BCUT2D eigenvalue weighted by molar-refractivity contribution is 0.625. The summed E-state index contributed by atoms with van der Waals surface area (Å²) in [6, 6.07) is 0. The van der Waals surface area contributed by atoms with Crippen molar-refractivity contribution in [2.45, 2.75) is 26.6 Å². The first-order valence-corrected chi connectivity index (χ1v) is 2.64. The number of rotatable bonds is 1. The number of hydrogen-bond donors (Lipinski definition) is 0. The fourth-order valence-electron chi connectivity index (χ4n) is 0. The maximum atomic E-state index is 2.24. The highest BCUT2D eigenvalue weighted by atomic mass is 14.0. The van der Waals surface area contributed by atoms with Crippen LogP contribution in [0.5, 0.6) is 0 Å². The molecule has 1 atom stereocenters. The summed E-state index contributed by atoms with van der Waals surface area (Å²) in [5, 5.41) is 0. The fraction of sp³-hybridized carbons (Fsp3) is 1.00. The Morgan fingerprint density at radius 1 is 1.17 bits per heavy atom. The molecule has 36 valence electrons. The van der Waals surface area contributed by atoms with Crippen molar-refractivity contribution in [2.24, 2.45) is 5.92 Å². The van der Waals surface area contributed by atoms with E-state index >= 15 is 0 Å². The fourth-order valence-corrected chi connectivity index (χ4v) is 0. The topological polar surface area (TPSA) is 0 Å². The molecule has 0 heterocycles. The molecule has 0 aliphatic rings. The van der Waals surface area contributed by atoms with E-state index in [0.717, 1.165) is 11.7 Å². The van der Waals surface area contributed by atoms with Gasteiger partial charge in [0, 0.05) is 0 Å². The molecule has 1 heteroatoms. The molecule has 0 aliphatic heterocycles. The highest BCUT2D eigenvalue weighted by Crippen LogP contribution is 2.09. The summed E-state index contributed by atoms with van der Waals surface area (Å²) in [7, 11) is 2.24. The van der Waals surface area contributed by atoms with Gasteiger partial charge in [-0.25, -0.2) is 0 Å². The molecule has 0 N–H and O–H groups in total. The summed E-state index contributed by atoms with van der Waals surface area (Å²) < 4.78 is 0. The first-order valence-electron chi connectivity index (χ1n) is 2.64. The van der Waals surface area contributed by atoms with E-state index in [4.69, 9.17) is 0 Å². The van der Waals surface area contributed by atoms with E-state index in [1.807, 2.05) is 0 Å². The predicted octanol–water partition coefficient (Wildman–Crippen LogP) is 1.08. The van der Waals surface area contributed by atoms with Crippen LogP contribution in [0, 0.1) is 5.92 Å². The van der Waals surface area contributed by atoms with Crippen LogP contribution in [-0.4, -0.2) is 7.85 Å². The lowest BCUT2D eigenvalue weighted by Crippen LogP contribution is -1.93. The molecule has 0 aromatic carbocycles. The third-order valence-electron chi connectivity index (χ3n) is 1.33. The van der Waals surface area contributed by atoms with Crippen LogP contribution in [-0.2, 0) is 0 Å². The molecule has 0 aliphatic carbocycles. The van der Waals surface area contributed by atoms with Crippen molar-refractivity contribution in [3.05, 3.63) is 0 Å². The van der Waals surface area contributed by atoms with Gasteiger partial charge >= 0.3 is 0 Å². The second-order valence-electron chi connectivity index (χ2n) is 2.49. The minimum atomic E-state index is 0.852. The van der Waals surface area contributed by atoms with Gasteiger partial charge in [0.15, 0.2) is 0 Å². The molecule has 0 nitrogen and oxygen atoms in total. The average Bonchev–Trinajstić information content (AvgIpc) is 1.36. The van der Waals surface area contributed by atoms with Gasteiger partial charge in [-0.2, -0.15) is 0 Å². The molecule has 0 radical (unpaired) electrons. The van der Waals surface area contributed by atoms with Crippen LogP contribution >= 0.6 is 0 Å². The zero-order valence-electron chi connectivity index (χ0n) is 5.15. The highest BCUT2D eigenvalue weighted by molar-refractivity contribution is 6.11. The Morgan fingerprint density at radius 3 is 1.33 bits per heavy atom. The van der Waals surface area contributed by atoms with E-state index < -0.39 is 0 Å². The molecule has 0 bridgehead atoms. The lowest BCUT2D eigenvalue weighted by atomic mass is 9.80. The van der Waals surface area contributed by atoms with E-state index in [-0.39, 0.29) is 0 Å². The van der Waals surface area contributed by atoms with Crippen LogP contribution in [0.2, 0.25) is 5.82 Å². The van der Waals surface area contributed by atoms with Gasteiger partial charge in [0.2, 0.25) is 0 Å². The first kappa shape index (κ1) is 6.06. The average molecular weight is 84.0 g/mol. The molecule has 0 saturated carbocycles. The quantitative estimate of drug-likeness (QED) is 0.417. The van der Waals surface area contributed by atoms with Gasteiger partial charge in [-0.3, -0.25) is 0 Å². The van der Waals surface area contributed by atoms with Gasteiger partial charge in [0.25, 0.3) is 0 Å². The monoisotopic (exact) mass is 84.1 g/mol. The maximum absolute atomic E-state index is 2.24. The van der Waals surface area contributed by atoms with Crippen molar-refractivity contribution in [1.29, 1.82) is 0 Å². The van der Waals surface area contributed by atoms with Crippen LogP contribution in [0.15, 0.2) is 0 Å². The summed E-state index contributed by atoms with van der Waals surface area (Å²) in [6.07, 6.45) is 0. The number of hydrogen-bond acceptors (Lipinski definition) is 0. The van der Waals surface area contributed by atoms with Crippen LogP contribution in [0.4, 0.5) is 0 Å². The minimum absolute atomic E-state index is 0.852. The normalized spacial score (nSPS) is 15.3. The molecule has 0 aromatic heterocycles. The van der Waals surface area contributed by atoms with Gasteiger partial charge in [0.05, 0.1) is 0 Å². The third kappa shape index (κ3) is 2.31. The van der Waals surface area contributed by atoms with E-state index in [0.29, 0.717) is 0 Å². The summed E-state index contributed by atoms with van der Waals surface area (Å²) in [4.78, 5) is 0. The predicted molar refractivity (Wildman–Crippen MR) is 32.8 cm³/mol. The van der Waals surface area contributed by atoms with E-state index in [2.05, 4.69) is 28.6 Å². The Bertz CT molecular complexity index is 24.9. The molecule has 0 saturated heterocycles. The summed E-state index contributed by atoms with van der Waals surface area (Å²) >= 11 is 0. The molecular formula is C5H13B. The van der Waals surface area contributed by atoms with Crippen LogP contribution in [0.1, 0.15) is 20.8 Å². The second kappa shape index (κ2) is 2.28. The molecule has 0 aromatic rings. The standard InChI is InChI=1S/C5H13B/c1-4(2)5(3)6/h4-5H,6H2,1-3H3/t5-/m0/s1. The van der Waals surface area contributed by atoms with Crippen molar-refractivity contribution in [3.63, 3.8) is 0 Å². The van der Waals surface area contributed by atoms with Gasteiger partial charge in [-0.15, -0.1) is 0 Å². The van der Waals surface area contributed by atoms with Crippen LogP contribution < -0.4 is 0 Å². The van der Waals surface area contributed by atoms with Gasteiger partial charge < -0.3 is 0 Å². The van der Waals surface area contributed by atoms with Crippen molar-refractivity contribution in [2.75, 3.05) is 0 Å². The molecule has 0 spiro atoms. The maximum Gasteiger partial charge on any atom is 0.105 e. The van der Waals surface area contributed by atoms with Crippen LogP contribution in [0.25, 0.3) is 0 Å². The summed E-state index contributed by atoms with van der Waals surface area (Å²) in [5.41, 5.74) is 0. The summed E-state index contributed by atoms with van der Waals surface area (Å²) in [6.45, 7) is 6.72. The second-order valence-corrected chi connectivity index (χ2v) is 2.49. The summed E-state index contributed by atoms with van der Waals surface area (Å²) in [5.74, 6) is 1.70. The Morgan fingerprint density at radius 2 is 1.33 bits per heavy atom. The Kier molecular flexibility index (Phi) is 2.30. The Hall–Kier alpha value is 0.0649. The van der Waals surface area contributed by atoms with Gasteiger partial charge in [-0.05, 0) is 0 Å². The molecule has 0 unspecified atom stereocenters. The van der Waals surface area contributed by atoms with E-state index in [9.17, 15) is 0 Å². The molecule has 0 amide bonds. The zero-order valence-corrected chi connectivity index (χ0v) is 5.15. The van der Waals surface area contributed by atoms with Crippen LogP contribution in [0.3, 0.4) is 0 Å². The molecular weight excluding hydrogens is 70.9 g/mol. The largest absolute Gasteiger partial charge is 0.105 e. The first-order chi connectivity index (χ1) is 2.64. The van der Waals surface area contributed by atoms with Gasteiger partial charge in [0.1, 0.15) is 7.85 Å². The SMILES string of the molecule is B[C@@H](C)C(C)C. The molecule has 0 fully saturated rings. The van der Waals surface area contributed by atoms with Crippen molar-refractivity contribution < 1.29 is 0 Å². The smallest absolute Gasteiger partial charge is 0.0702 e. The highest BCUT2D eigenvalue weighted by Gasteiger charge is 1.96. The Balaban J connectivity index is 2.99. The third-order valence-corrected chi connectivity index (χ3v) is 1.33. The Labute approximate surface area is 41.4 Å². The van der Waals surface area contributed by atoms with Gasteiger partial charge in [-0.1, -0.05) is 32.5 Å². The van der Waals surface area contributed by atoms with E-state index in [1.165, 1.54) is 0 Å². The van der Waals surface area contributed by atoms with Crippen molar-refractivity contribution in [3.8, 4) is 0 Å². The molecule has 0 rings (SSSR count). The zero-order chi connectivity index (χ0) is 5.15. The molecule has 6 heavy (non-hydrogen) atoms.